The van der Waals surface area contributed by atoms with Crippen LogP contribution in [0.3, 0.4) is 0 Å². The molecule has 0 aliphatic heterocycles. The fourth-order valence-electron chi connectivity index (χ4n) is 1.51. The second kappa shape index (κ2) is 5.22. The number of hydrogen-bond donors (Lipinski definition) is 0. The first kappa shape index (κ1) is 12.6. The first-order chi connectivity index (χ1) is 8.11. The van der Waals surface area contributed by atoms with Gasteiger partial charge in [-0.15, -0.1) is 0 Å². The Hall–Kier alpha value is -0.820. The van der Waals surface area contributed by atoms with Crippen molar-refractivity contribution >= 4 is 43.5 Å². The van der Waals surface area contributed by atoms with Crippen molar-refractivity contribution in [2.24, 2.45) is 0 Å². The summed E-state index contributed by atoms with van der Waals surface area (Å²) >= 11 is 13.1. The Bertz CT molecular complexity index is 617. The van der Waals surface area contributed by atoms with Crippen LogP contribution in [-0.2, 0) is 0 Å². The molecule has 17 heavy (non-hydrogen) atoms. The van der Waals surface area contributed by atoms with Gasteiger partial charge in [0.2, 0.25) is 0 Å². The summed E-state index contributed by atoms with van der Waals surface area (Å²) in [7, 11) is 0. The molecule has 0 heterocycles. The predicted octanol–water partition coefficient (Wildman–Crippen LogP) is 5.40. The maximum Gasteiger partial charge on any atom is 0.0991 e. The van der Waals surface area contributed by atoms with Gasteiger partial charge in [-0.25, -0.2) is 0 Å². The topological polar surface area (TPSA) is 23.8 Å². The minimum absolute atomic E-state index is 0.610. The van der Waals surface area contributed by atoms with Gasteiger partial charge < -0.3 is 0 Å². The number of halogens is 3. The molecule has 0 fully saturated rings. The first-order valence-electron chi connectivity index (χ1n) is 4.77. The second-order valence-electron chi connectivity index (χ2n) is 3.43. The van der Waals surface area contributed by atoms with Gasteiger partial charge in [-0.05, 0) is 42.0 Å². The van der Waals surface area contributed by atoms with Gasteiger partial charge in [0.05, 0.1) is 11.6 Å². The van der Waals surface area contributed by atoms with Crippen LogP contribution in [0.15, 0.2) is 45.3 Å². The van der Waals surface area contributed by atoms with E-state index in [1.54, 1.807) is 6.07 Å². The SMILES string of the molecule is N#Cc1ccc(Br)c(-c2cc(Br)ccc2Cl)c1. The highest BCUT2D eigenvalue weighted by Gasteiger charge is 2.09. The van der Waals surface area contributed by atoms with Crippen LogP contribution in [0.4, 0.5) is 0 Å². The van der Waals surface area contributed by atoms with E-state index in [1.165, 1.54) is 0 Å². The molecule has 0 aliphatic carbocycles. The lowest BCUT2D eigenvalue weighted by atomic mass is 10.0. The third-order valence-corrected chi connectivity index (χ3v) is 3.83. The Morgan fingerprint density at radius 2 is 1.76 bits per heavy atom. The molecule has 1 nitrogen and oxygen atoms in total. The molecule has 0 N–H and O–H groups in total. The number of benzene rings is 2. The zero-order valence-corrected chi connectivity index (χ0v) is 12.5. The van der Waals surface area contributed by atoms with E-state index < -0.39 is 0 Å². The van der Waals surface area contributed by atoms with Crippen molar-refractivity contribution in [1.82, 2.24) is 0 Å². The van der Waals surface area contributed by atoms with Crippen LogP contribution < -0.4 is 0 Å². The Balaban J connectivity index is 2.68. The summed E-state index contributed by atoms with van der Waals surface area (Å²) in [5, 5.41) is 9.57. The standard InChI is InChI=1S/C13H6Br2ClN/c14-9-2-4-13(16)11(6-9)10-5-8(7-17)1-3-12(10)15/h1-6H. The van der Waals surface area contributed by atoms with E-state index in [-0.39, 0.29) is 0 Å². The lowest BCUT2D eigenvalue weighted by Gasteiger charge is -2.08. The molecule has 0 bridgehead atoms. The highest BCUT2D eigenvalue weighted by Crippen LogP contribution is 2.35. The van der Waals surface area contributed by atoms with Crippen molar-refractivity contribution in [3.63, 3.8) is 0 Å². The number of nitrogens with zero attached hydrogens (tertiary/aromatic N) is 1. The number of nitriles is 1. The molecule has 0 radical (unpaired) electrons. The van der Waals surface area contributed by atoms with Gasteiger partial charge in [-0.3, -0.25) is 0 Å². The maximum atomic E-state index is 8.92. The third kappa shape index (κ3) is 2.71. The number of hydrogen-bond acceptors (Lipinski definition) is 1. The van der Waals surface area contributed by atoms with E-state index in [0.717, 1.165) is 20.1 Å². The quantitative estimate of drug-likeness (QED) is 0.658. The van der Waals surface area contributed by atoms with Crippen LogP contribution in [0.1, 0.15) is 5.56 Å². The van der Waals surface area contributed by atoms with Gasteiger partial charge in [0.25, 0.3) is 0 Å². The van der Waals surface area contributed by atoms with Crippen LogP contribution >= 0.6 is 43.5 Å². The van der Waals surface area contributed by atoms with Crippen LogP contribution in [0.2, 0.25) is 5.02 Å². The first-order valence-corrected chi connectivity index (χ1v) is 6.73. The average Bonchev–Trinajstić information content (AvgIpc) is 2.33. The van der Waals surface area contributed by atoms with E-state index in [0.29, 0.717) is 10.6 Å². The number of rotatable bonds is 1. The molecule has 4 heteroatoms. The molecule has 84 valence electrons. The molecule has 2 aromatic carbocycles. The fraction of sp³-hybridized carbons (Fsp3) is 0. The van der Waals surface area contributed by atoms with Crippen LogP contribution in [0.25, 0.3) is 11.1 Å². The fourth-order valence-corrected chi connectivity index (χ4v) is 2.55. The monoisotopic (exact) mass is 369 g/mol. The van der Waals surface area contributed by atoms with E-state index in [4.69, 9.17) is 16.9 Å². The zero-order valence-electron chi connectivity index (χ0n) is 8.55. The Morgan fingerprint density at radius 3 is 2.47 bits per heavy atom. The van der Waals surface area contributed by atoms with Gasteiger partial charge in [-0.2, -0.15) is 5.26 Å². The van der Waals surface area contributed by atoms with Crippen molar-refractivity contribution in [1.29, 1.82) is 5.26 Å². The molecule has 2 rings (SSSR count). The highest BCUT2D eigenvalue weighted by molar-refractivity contribution is 9.10. The molecule has 0 saturated heterocycles. The van der Waals surface area contributed by atoms with Crippen molar-refractivity contribution in [2.45, 2.75) is 0 Å². The molecular weight excluding hydrogens is 365 g/mol. The predicted molar refractivity (Wildman–Crippen MR) is 77.0 cm³/mol. The smallest absolute Gasteiger partial charge is 0.0991 e. The highest BCUT2D eigenvalue weighted by atomic mass is 79.9. The lowest BCUT2D eigenvalue weighted by Crippen LogP contribution is -1.84. The summed E-state index contributed by atoms with van der Waals surface area (Å²) in [6.07, 6.45) is 0. The van der Waals surface area contributed by atoms with Gasteiger partial charge in [0.1, 0.15) is 0 Å². The molecule has 0 unspecified atom stereocenters. The summed E-state index contributed by atoms with van der Waals surface area (Å²) in [6, 6.07) is 13.2. The maximum absolute atomic E-state index is 8.92. The van der Waals surface area contributed by atoms with Crippen LogP contribution in [0.5, 0.6) is 0 Å². The molecule has 0 atom stereocenters. The Labute approximate surface area is 121 Å². The zero-order chi connectivity index (χ0) is 12.4. The summed E-state index contributed by atoms with van der Waals surface area (Å²) in [6.45, 7) is 0. The van der Waals surface area contributed by atoms with Gasteiger partial charge in [0, 0.05) is 19.5 Å². The second-order valence-corrected chi connectivity index (χ2v) is 5.61. The van der Waals surface area contributed by atoms with E-state index in [9.17, 15) is 0 Å². The summed E-state index contributed by atoms with van der Waals surface area (Å²) in [5.41, 5.74) is 2.42. The summed E-state index contributed by atoms with van der Waals surface area (Å²) in [5.74, 6) is 0. The lowest BCUT2D eigenvalue weighted by molar-refractivity contribution is 1.47. The summed E-state index contributed by atoms with van der Waals surface area (Å²) < 4.78 is 1.86. The molecule has 0 saturated carbocycles. The largest absolute Gasteiger partial charge is 0.192 e. The van der Waals surface area contributed by atoms with E-state index in [2.05, 4.69) is 37.9 Å². The molecule has 0 aliphatic rings. The van der Waals surface area contributed by atoms with Crippen molar-refractivity contribution in [3.05, 3.63) is 55.9 Å². The molecule has 2 aromatic rings. The van der Waals surface area contributed by atoms with Gasteiger partial charge in [0.15, 0.2) is 0 Å². The van der Waals surface area contributed by atoms with Crippen LogP contribution in [-0.4, -0.2) is 0 Å². The minimum atomic E-state index is 0.610. The minimum Gasteiger partial charge on any atom is -0.192 e. The van der Waals surface area contributed by atoms with E-state index >= 15 is 0 Å². The van der Waals surface area contributed by atoms with Crippen molar-refractivity contribution in [3.8, 4) is 17.2 Å². The van der Waals surface area contributed by atoms with Gasteiger partial charge >= 0.3 is 0 Å². The van der Waals surface area contributed by atoms with Crippen LogP contribution in [0, 0.1) is 11.3 Å². The molecule has 0 aromatic heterocycles. The van der Waals surface area contributed by atoms with E-state index in [1.807, 2.05) is 30.3 Å². The molecular formula is C13H6Br2ClN. The van der Waals surface area contributed by atoms with Crippen molar-refractivity contribution < 1.29 is 0 Å². The Morgan fingerprint density at radius 1 is 1.00 bits per heavy atom. The Kier molecular flexibility index (Phi) is 3.88. The average molecular weight is 371 g/mol. The third-order valence-electron chi connectivity index (χ3n) is 2.31. The molecule has 0 spiro atoms. The molecule has 0 amide bonds. The van der Waals surface area contributed by atoms with Crippen molar-refractivity contribution in [2.75, 3.05) is 0 Å². The normalized spacial score (nSPS) is 10.0. The van der Waals surface area contributed by atoms with Gasteiger partial charge in [-0.1, -0.05) is 43.5 Å². The summed E-state index contributed by atoms with van der Waals surface area (Å²) in [4.78, 5) is 0.